The maximum absolute atomic E-state index is 5.78. The van der Waals surface area contributed by atoms with Gasteiger partial charge in [-0.15, -0.1) is 0 Å². The summed E-state index contributed by atoms with van der Waals surface area (Å²) in [6.07, 6.45) is 0.970. The highest BCUT2D eigenvalue weighted by Crippen LogP contribution is 2.12. The first-order valence-electron chi connectivity index (χ1n) is 3.36. The van der Waals surface area contributed by atoms with E-state index >= 15 is 0 Å². The highest BCUT2D eigenvalue weighted by Gasteiger charge is 1.95. The minimum Gasteiger partial charge on any atom is -0.257 e. The van der Waals surface area contributed by atoms with Crippen LogP contribution in [0.5, 0.6) is 0 Å². The Labute approximate surface area is 66.0 Å². The summed E-state index contributed by atoms with van der Waals surface area (Å²) >= 11 is 5.78. The molecule has 0 saturated carbocycles. The van der Waals surface area contributed by atoms with Crippen LogP contribution in [0.15, 0.2) is 12.1 Å². The highest BCUT2D eigenvalue weighted by molar-refractivity contribution is 6.31. The molecule has 0 N–H and O–H groups in total. The molecule has 2 heteroatoms. The lowest BCUT2D eigenvalue weighted by molar-refractivity contribution is 1.01. The molecule has 54 valence electrons. The molecule has 0 saturated heterocycles. The number of aryl methyl sites for hydroxylation is 2. The molecular weight excluding hydrogens is 146 g/mol. The van der Waals surface area contributed by atoms with Crippen molar-refractivity contribution in [3.8, 4) is 0 Å². The molecule has 0 aliphatic heterocycles. The third kappa shape index (κ3) is 1.48. The lowest BCUT2D eigenvalue weighted by Crippen LogP contribution is -1.89. The molecule has 1 nitrogen and oxygen atoms in total. The Hall–Kier alpha value is -0.560. The van der Waals surface area contributed by atoms with Gasteiger partial charge in [0.1, 0.15) is 0 Å². The Morgan fingerprint density at radius 3 is 2.70 bits per heavy atom. The van der Waals surface area contributed by atoms with Crippen molar-refractivity contribution in [1.82, 2.24) is 4.98 Å². The summed E-state index contributed by atoms with van der Waals surface area (Å²) in [5, 5.41) is 0.747. The van der Waals surface area contributed by atoms with E-state index in [-0.39, 0.29) is 0 Å². The van der Waals surface area contributed by atoms with Gasteiger partial charge in [-0.3, -0.25) is 4.98 Å². The van der Waals surface area contributed by atoms with Crippen molar-refractivity contribution in [3.63, 3.8) is 0 Å². The molecule has 0 radical (unpaired) electrons. The zero-order chi connectivity index (χ0) is 7.56. The van der Waals surface area contributed by atoms with E-state index in [0.29, 0.717) is 0 Å². The summed E-state index contributed by atoms with van der Waals surface area (Å²) in [5.41, 5.74) is 2.02. The van der Waals surface area contributed by atoms with Crippen molar-refractivity contribution in [3.05, 3.63) is 28.5 Å². The van der Waals surface area contributed by atoms with Crippen LogP contribution >= 0.6 is 11.6 Å². The topological polar surface area (TPSA) is 12.9 Å². The van der Waals surface area contributed by atoms with E-state index < -0.39 is 0 Å². The molecule has 1 aromatic heterocycles. The molecule has 0 aliphatic carbocycles. The van der Waals surface area contributed by atoms with Gasteiger partial charge in [-0.25, -0.2) is 0 Å². The predicted molar refractivity (Wildman–Crippen MR) is 43.4 cm³/mol. The Kier molecular flexibility index (Phi) is 2.28. The van der Waals surface area contributed by atoms with Gasteiger partial charge < -0.3 is 0 Å². The minimum atomic E-state index is 0.747. The molecule has 0 aliphatic rings. The highest BCUT2D eigenvalue weighted by atomic mass is 35.5. The first-order chi connectivity index (χ1) is 4.74. The molecule has 0 bridgehead atoms. The third-order valence-corrected chi connectivity index (χ3v) is 1.84. The van der Waals surface area contributed by atoms with Crippen molar-refractivity contribution in [2.75, 3.05) is 0 Å². The summed E-state index contributed by atoms with van der Waals surface area (Å²) in [7, 11) is 0. The monoisotopic (exact) mass is 155 g/mol. The van der Waals surface area contributed by atoms with Crippen LogP contribution in [-0.4, -0.2) is 4.98 Å². The summed E-state index contributed by atoms with van der Waals surface area (Å²) in [6, 6.07) is 3.85. The number of halogens is 1. The SMILES string of the molecule is CCc1ccc(Cl)c(C)n1. The van der Waals surface area contributed by atoms with E-state index in [1.165, 1.54) is 0 Å². The zero-order valence-electron chi connectivity index (χ0n) is 6.19. The molecule has 1 aromatic rings. The fraction of sp³-hybridized carbons (Fsp3) is 0.375. The Bertz CT molecular complexity index is 233. The molecule has 10 heavy (non-hydrogen) atoms. The van der Waals surface area contributed by atoms with E-state index in [2.05, 4.69) is 11.9 Å². The number of hydrogen-bond donors (Lipinski definition) is 0. The molecule has 0 aromatic carbocycles. The van der Waals surface area contributed by atoms with Gasteiger partial charge in [-0.05, 0) is 25.5 Å². The van der Waals surface area contributed by atoms with Gasteiger partial charge in [0.15, 0.2) is 0 Å². The molecular formula is C8H10ClN. The lowest BCUT2D eigenvalue weighted by Gasteiger charge is -1.98. The van der Waals surface area contributed by atoms with Gasteiger partial charge in [0, 0.05) is 5.69 Å². The van der Waals surface area contributed by atoms with Crippen LogP contribution in [0, 0.1) is 6.92 Å². The van der Waals surface area contributed by atoms with Gasteiger partial charge in [-0.1, -0.05) is 18.5 Å². The van der Waals surface area contributed by atoms with Crippen molar-refractivity contribution in [2.24, 2.45) is 0 Å². The first-order valence-corrected chi connectivity index (χ1v) is 3.74. The number of hydrogen-bond acceptors (Lipinski definition) is 1. The van der Waals surface area contributed by atoms with E-state index in [9.17, 15) is 0 Å². The Morgan fingerprint density at radius 2 is 2.20 bits per heavy atom. The van der Waals surface area contributed by atoms with Gasteiger partial charge in [0.2, 0.25) is 0 Å². The number of nitrogens with zero attached hydrogens (tertiary/aromatic N) is 1. The van der Waals surface area contributed by atoms with E-state index in [0.717, 1.165) is 22.8 Å². The average molecular weight is 156 g/mol. The largest absolute Gasteiger partial charge is 0.257 e. The smallest absolute Gasteiger partial charge is 0.0618 e. The third-order valence-electron chi connectivity index (χ3n) is 1.44. The zero-order valence-corrected chi connectivity index (χ0v) is 6.94. The molecule has 0 spiro atoms. The van der Waals surface area contributed by atoms with Gasteiger partial charge in [0.05, 0.1) is 10.7 Å². The van der Waals surface area contributed by atoms with E-state index in [1.807, 2.05) is 19.1 Å². The fourth-order valence-corrected chi connectivity index (χ4v) is 0.898. The number of pyridine rings is 1. The van der Waals surface area contributed by atoms with Crippen LogP contribution in [0.3, 0.4) is 0 Å². The fourth-order valence-electron chi connectivity index (χ4n) is 0.793. The Morgan fingerprint density at radius 1 is 1.50 bits per heavy atom. The maximum atomic E-state index is 5.78. The number of rotatable bonds is 1. The predicted octanol–water partition coefficient (Wildman–Crippen LogP) is 2.61. The summed E-state index contributed by atoms with van der Waals surface area (Å²) in [6.45, 7) is 4.00. The van der Waals surface area contributed by atoms with E-state index in [1.54, 1.807) is 0 Å². The summed E-state index contributed by atoms with van der Waals surface area (Å²) in [4.78, 5) is 4.26. The molecule has 0 amide bonds. The van der Waals surface area contributed by atoms with Gasteiger partial charge in [0.25, 0.3) is 0 Å². The molecule has 1 rings (SSSR count). The molecule has 1 heterocycles. The van der Waals surface area contributed by atoms with Crippen LogP contribution in [0.1, 0.15) is 18.3 Å². The Balaban J connectivity index is 3.04. The average Bonchev–Trinajstić information content (AvgIpc) is 1.95. The quantitative estimate of drug-likeness (QED) is 0.608. The van der Waals surface area contributed by atoms with Crippen molar-refractivity contribution in [1.29, 1.82) is 0 Å². The van der Waals surface area contributed by atoms with Crippen LogP contribution in [0.25, 0.3) is 0 Å². The van der Waals surface area contributed by atoms with Crippen LogP contribution in [0.2, 0.25) is 5.02 Å². The molecule has 0 unspecified atom stereocenters. The number of aromatic nitrogens is 1. The maximum Gasteiger partial charge on any atom is 0.0618 e. The normalized spacial score (nSPS) is 9.90. The van der Waals surface area contributed by atoms with Gasteiger partial charge >= 0.3 is 0 Å². The van der Waals surface area contributed by atoms with E-state index in [4.69, 9.17) is 11.6 Å². The second-order valence-corrected chi connectivity index (χ2v) is 2.63. The van der Waals surface area contributed by atoms with Crippen molar-refractivity contribution in [2.45, 2.75) is 20.3 Å². The van der Waals surface area contributed by atoms with Crippen LogP contribution < -0.4 is 0 Å². The lowest BCUT2D eigenvalue weighted by atomic mass is 10.3. The van der Waals surface area contributed by atoms with Crippen LogP contribution in [0.4, 0.5) is 0 Å². The minimum absolute atomic E-state index is 0.747. The van der Waals surface area contributed by atoms with Gasteiger partial charge in [-0.2, -0.15) is 0 Å². The molecule has 0 atom stereocenters. The summed E-state index contributed by atoms with van der Waals surface area (Å²) < 4.78 is 0. The standard InChI is InChI=1S/C8H10ClN/c1-3-7-4-5-8(9)6(2)10-7/h4-5H,3H2,1-2H3. The van der Waals surface area contributed by atoms with Crippen LogP contribution in [-0.2, 0) is 6.42 Å². The van der Waals surface area contributed by atoms with Crippen molar-refractivity contribution >= 4 is 11.6 Å². The van der Waals surface area contributed by atoms with Crippen molar-refractivity contribution < 1.29 is 0 Å². The molecule has 0 fully saturated rings. The summed E-state index contributed by atoms with van der Waals surface area (Å²) in [5.74, 6) is 0. The second-order valence-electron chi connectivity index (χ2n) is 2.22. The first kappa shape index (κ1) is 7.55. The second kappa shape index (κ2) is 3.02.